The third-order valence-corrected chi connectivity index (χ3v) is 5.42. The highest BCUT2D eigenvalue weighted by molar-refractivity contribution is 6.30. The summed E-state index contributed by atoms with van der Waals surface area (Å²) in [6, 6.07) is 1.59. The van der Waals surface area contributed by atoms with Crippen LogP contribution in [0.3, 0.4) is 0 Å². The number of aromatic nitrogens is 1. The van der Waals surface area contributed by atoms with Crippen LogP contribution < -0.4 is 0 Å². The quantitative estimate of drug-likeness (QED) is 0.394. The second-order valence-electron chi connectivity index (χ2n) is 8.58. The van der Waals surface area contributed by atoms with Crippen LogP contribution >= 0.6 is 11.6 Å². The minimum atomic E-state index is -1.28. The van der Waals surface area contributed by atoms with Crippen molar-refractivity contribution in [2.24, 2.45) is 0 Å². The van der Waals surface area contributed by atoms with Gasteiger partial charge in [0.25, 0.3) is 5.91 Å². The zero-order valence-electron chi connectivity index (χ0n) is 18.4. The summed E-state index contributed by atoms with van der Waals surface area (Å²) in [5, 5.41) is 0.381. The number of amides is 1. The molecule has 2 rings (SSSR count). The first-order valence-electron chi connectivity index (χ1n) is 10.2. The standard InChI is InChI=1S/C23H33ClFN3O/c1-7-8-9-16(2)12-18(13-27(6)15-23(4,5)25)17(3)28-14-20-19(22(28)29)10-11-26-21(20)24/h9-12,17H,7-8,13-15H2,1-6H3/b16-9+,18-12+. The SMILES string of the molecule is CCC/C=C(C)/C=C(\CN(C)CC(C)(C)F)C(C)N1Cc2c(ccnc2Cl)C1=O. The fourth-order valence-electron chi connectivity index (χ4n) is 3.76. The number of likely N-dealkylation sites (N-methyl/N-ethyl adjacent to an activating group) is 1. The maximum atomic E-state index is 14.1. The first kappa shape index (κ1) is 23.6. The number of hydrogen-bond donors (Lipinski definition) is 0. The van der Waals surface area contributed by atoms with Crippen LogP contribution in [0.5, 0.6) is 0 Å². The smallest absolute Gasteiger partial charge is 0.255 e. The molecule has 0 radical (unpaired) electrons. The molecule has 1 aliphatic heterocycles. The lowest BCUT2D eigenvalue weighted by molar-refractivity contribution is 0.0732. The Bertz CT molecular complexity index is 798. The van der Waals surface area contributed by atoms with Crippen LogP contribution in [-0.4, -0.2) is 52.5 Å². The zero-order valence-corrected chi connectivity index (χ0v) is 19.2. The van der Waals surface area contributed by atoms with E-state index in [1.54, 1.807) is 26.1 Å². The molecule has 1 atom stereocenters. The number of pyridine rings is 1. The number of hydrogen-bond acceptors (Lipinski definition) is 3. The first-order valence-corrected chi connectivity index (χ1v) is 10.6. The summed E-state index contributed by atoms with van der Waals surface area (Å²) in [6.45, 7) is 10.7. The molecule has 1 aromatic rings. The molecule has 1 aromatic heterocycles. The third-order valence-electron chi connectivity index (χ3n) is 5.09. The van der Waals surface area contributed by atoms with E-state index in [0.29, 0.717) is 30.4 Å². The molecule has 0 aromatic carbocycles. The molecule has 0 saturated carbocycles. The highest BCUT2D eigenvalue weighted by Crippen LogP contribution is 2.31. The molecule has 0 aliphatic carbocycles. The second kappa shape index (κ2) is 9.86. The van der Waals surface area contributed by atoms with Crippen LogP contribution in [0.25, 0.3) is 0 Å². The van der Waals surface area contributed by atoms with Crippen LogP contribution in [0.15, 0.2) is 35.6 Å². The summed E-state index contributed by atoms with van der Waals surface area (Å²) in [5.41, 5.74) is 2.35. The van der Waals surface area contributed by atoms with Gasteiger partial charge >= 0.3 is 0 Å². The summed E-state index contributed by atoms with van der Waals surface area (Å²) in [6.07, 6.45) is 7.99. The van der Waals surface area contributed by atoms with Gasteiger partial charge in [0.1, 0.15) is 10.8 Å². The van der Waals surface area contributed by atoms with Crippen molar-refractivity contribution in [1.29, 1.82) is 0 Å². The highest BCUT2D eigenvalue weighted by atomic mass is 35.5. The number of carbonyl (C=O) groups is 1. The topological polar surface area (TPSA) is 36.4 Å². The maximum absolute atomic E-state index is 14.1. The van der Waals surface area contributed by atoms with E-state index in [2.05, 4.69) is 31.0 Å². The second-order valence-corrected chi connectivity index (χ2v) is 8.94. The summed E-state index contributed by atoms with van der Waals surface area (Å²) in [5.74, 6) is -0.0358. The van der Waals surface area contributed by atoms with Gasteiger partial charge in [0.2, 0.25) is 0 Å². The Morgan fingerprint density at radius 1 is 1.48 bits per heavy atom. The van der Waals surface area contributed by atoms with Crippen molar-refractivity contribution in [2.75, 3.05) is 20.1 Å². The minimum Gasteiger partial charge on any atom is -0.328 e. The summed E-state index contributed by atoms with van der Waals surface area (Å²) >= 11 is 6.22. The molecule has 4 nitrogen and oxygen atoms in total. The van der Waals surface area contributed by atoms with Crippen molar-refractivity contribution in [3.05, 3.63) is 51.8 Å². The monoisotopic (exact) mass is 421 g/mol. The number of halogens is 2. The van der Waals surface area contributed by atoms with Crippen LogP contribution in [0, 0.1) is 0 Å². The molecule has 2 heterocycles. The van der Waals surface area contributed by atoms with E-state index >= 15 is 0 Å². The molecule has 0 N–H and O–H groups in total. The van der Waals surface area contributed by atoms with Gasteiger partial charge in [-0.15, -0.1) is 0 Å². The maximum Gasteiger partial charge on any atom is 0.255 e. The van der Waals surface area contributed by atoms with Crippen LogP contribution in [0.2, 0.25) is 5.15 Å². The third kappa shape index (κ3) is 6.38. The van der Waals surface area contributed by atoms with Gasteiger partial charge < -0.3 is 4.90 Å². The van der Waals surface area contributed by atoms with E-state index in [-0.39, 0.29) is 11.9 Å². The number of nitrogens with zero attached hydrogens (tertiary/aromatic N) is 3. The molecule has 29 heavy (non-hydrogen) atoms. The molecule has 160 valence electrons. The van der Waals surface area contributed by atoms with E-state index in [1.165, 1.54) is 0 Å². The first-order chi connectivity index (χ1) is 13.5. The average Bonchev–Trinajstić information content (AvgIpc) is 2.95. The Kier molecular flexibility index (Phi) is 8.01. The molecular formula is C23H33ClFN3O. The van der Waals surface area contributed by atoms with Gasteiger partial charge in [0, 0.05) is 30.4 Å². The fourth-order valence-corrected chi connectivity index (χ4v) is 3.98. The van der Waals surface area contributed by atoms with Gasteiger partial charge in [0.15, 0.2) is 0 Å². The van der Waals surface area contributed by atoms with E-state index in [1.807, 2.05) is 23.8 Å². The fraction of sp³-hybridized carbons (Fsp3) is 0.565. The lowest BCUT2D eigenvalue weighted by Gasteiger charge is -2.31. The number of carbonyl (C=O) groups excluding carboxylic acids is 1. The zero-order chi connectivity index (χ0) is 21.8. The van der Waals surface area contributed by atoms with Crippen molar-refractivity contribution < 1.29 is 9.18 Å². The molecule has 1 amide bonds. The van der Waals surface area contributed by atoms with E-state index in [4.69, 9.17) is 11.6 Å². The number of allylic oxidation sites excluding steroid dienone is 3. The van der Waals surface area contributed by atoms with Crippen molar-refractivity contribution in [1.82, 2.24) is 14.8 Å². The largest absolute Gasteiger partial charge is 0.328 e. The summed E-state index contributed by atoms with van der Waals surface area (Å²) in [7, 11) is 1.91. The number of rotatable bonds is 9. The van der Waals surface area contributed by atoms with E-state index in [0.717, 1.165) is 29.6 Å². The van der Waals surface area contributed by atoms with Gasteiger partial charge in [-0.2, -0.15) is 0 Å². The van der Waals surface area contributed by atoms with Gasteiger partial charge in [-0.25, -0.2) is 9.37 Å². The normalized spacial score (nSPS) is 16.6. The lowest BCUT2D eigenvalue weighted by atomic mass is 10.0. The molecule has 0 bridgehead atoms. The van der Waals surface area contributed by atoms with Gasteiger partial charge in [-0.3, -0.25) is 9.69 Å². The number of unbranched alkanes of at least 4 members (excludes halogenated alkanes) is 1. The molecule has 0 spiro atoms. The van der Waals surface area contributed by atoms with Gasteiger partial charge in [-0.1, -0.05) is 42.7 Å². The van der Waals surface area contributed by atoms with Crippen molar-refractivity contribution in [3.63, 3.8) is 0 Å². The Labute approximate surface area is 179 Å². The van der Waals surface area contributed by atoms with E-state index < -0.39 is 5.67 Å². The predicted molar refractivity (Wildman–Crippen MR) is 118 cm³/mol. The molecule has 0 saturated heterocycles. The molecule has 0 fully saturated rings. The Morgan fingerprint density at radius 3 is 2.76 bits per heavy atom. The molecule has 1 aliphatic rings. The number of alkyl halides is 1. The van der Waals surface area contributed by atoms with Gasteiger partial charge in [-0.05, 0) is 52.8 Å². The Hall–Kier alpha value is -1.72. The van der Waals surface area contributed by atoms with Gasteiger partial charge in [0.05, 0.1) is 12.6 Å². The molecule has 6 heteroatoms. The predicted octanol–water partition coefficient (Wildman–Crippen LogP) is 5.43. The summed E-state index contributed by atoms with van der Waals surface area (Å²) < 4.78 is 14.1. The molecule has 1 unspecified atom stereocenters. The minimum absolute atomic E-state index is 0.0358. The Balaban J connectivity index is 2.29. The molecular weight excluding hydrogens is 389 g/mol. The van der Waals surface area contributed by atoms with Crippen LogP contribution in [-0.2, 0) is 6.54 Å². The Morgan fingerprint density at radius 2 is 2.17 bits per heavy atom. The number of fused-ring (bicyclic) bond motifs is 1. The van der Waals surface area contributed by atoms with Crippen molar-refractivity contribution in [3.8, 4) is 0 Å². The van der Waals surface area contributed by atoms with Crippen LogP contribution in [0.4, 0.5) is 4.39 Å². The van der Waals surface area contributed by atoms with E-state index in [9.17, 15) is 9.18 Å². The van der Waals surface area contributed by atoms with Crippen molar-refractivity contribution in [2.45, 2.75) is 65.7 Å². The average molecular weight is 422 g/mol. The van der Waals surface area contributed by atoms with Crippen molar-refractivity contribution >= 4 is 17.5 Å². The summed E-state index contributed by atoms with van der Waals surface area (Å²) in [4.78, 5) is 20.9. The highest BCUT2D eigenvalue weighted by Gasteiger charge is 2.34. The van der Waals surface area contributed by atoms with Crippen LogP contribution in [0.1, 0.15) is 63.4 Å². The lowest BCUT2D eigenvalue weighted by Crippen LogP contribution is -2.40.